The molecule has 0 saturated heterocycles. The van der Waals surface area contributed by atoms with Gasteiger partial charge in [0.25, 0.3) is 0 Å². The monoisotopic (exact) mass is 481 g/mol. The largest absolute Gasteiger partial charge is 0.376 e. The van der Waals surface area contributed by atoms with Crippen LogP contribution in [0, 0.1) is 0 Å². The number of hydrogen-bond acceptors (Lipinski definition) is 1. The van der Waals surface area contributed by atoms with Crippen LogP contribution in [0.15, 0.2) is 146 Å². The molecular formula is C36H24BN. The number of hydrogen-bond donors (Lipinski definition) is 0. The van der Waals surface area contributed by atoms with E-state index in [9.17, 15) is 0 Å². The van der Waals surface area contributed by atoms with Crippen LogP contribution < -0.4 is 15.7 Å². The first-order valence-corrected chi connectivity index (χ1v) is 13.2. The highest BCUT2D eigenvalue weighted by atomic mass is 15.1. The lowest BCUT2D eigenvalue weighted by atomic mass is 9.43. The zero-order valence-electron chi connectivity index (χ0n) is 20.9. The third kappa shape index (κ3) is 3.14. The van der Waals surface area contributed by atoms with Gasteiger partial charge in [0.05, 0.1) is 0 Å². The molecule has 176 valence electrons. The van der Waals surface area contributed by atoms with Gasteiger partial charge in [-0.25, -0.2) is 0 Å². The summed E-state index contributed by atoms with van der Waals surface area (Å²) >= 11 is 0. The zero-order chi connectivity index (χ0) is 25.1. The van der Waals surface area contributed by atoms with E-state index in [0.29, 0.717) is 0 Å². The molecule has 0 atom stereocenters. The Bertz CT molecular complexity index is 1690. The van der Waals surface area contributed by atoms with E-state index in [1.165, 1.54) is 66.8 Å². The highest BCUT2D eigenvalue weighted by Crippen LogP contribution is 2.47. The Hall–Kier alpha value is -4.82. The minimum absolute atomic E-state index is 0.132. The van der Waals surface area contributed by atoms with E-state index < -0.39 is 0 Å². The first-order chi connectivity index (χ1) is 18.9. The lowest BCUT2D eigenvalue weighted by Crippen LogP contribution is -2.59. The summed E-state index contributed by atoms with van der Waals surface area (Å²) in [5, 5.41) is 0. The van der Waals surface area contributed by atoms with Crippen LogP contribution >= 0.6 is 0 Å². The highest BCUT2D eigenvalue weighted by molar-refractivity contribution is 6.92. The Kier molecular flexibility index (Phi) is 4.68. The molecule has 0 N–H and O–H groups in total. The van der Waals surface area contributed by atoms with Crippen molar-refractivity contribution in [3.05, 3.63) is 146 Å². The lowest BCUT2D eigenvalue weighted by molar-refractivity contribution is 1.35. The number of fused-ring (bicyclic) bond motifs is 11. The minimum atomic E-state index is 0.132. The molecule has 38 heavy (non-hydrogen) atoms. The van der Waals surface area contributed by atoms with Gasteiger partial charge in [-0.15, -0.1) is 0 Å². The van der Waals surface area contributed by atoms with Gasteiger partial charge in [-0.1, -0.05) is 121 Å². The van der Waals surface area contributed by atoms with Crippen molar-refractivity contribution in [1.29, 1.82) is 0 Å². The fourth-order valence-electron chi connectivity index (χ4n) is 6.36. The zero-order valence-corrected chi connectivity index (χ0v) is 20.9. The molecule has 2 heterocycles. The standard InChI is InChI=1S/C36H24BN/c1-3-11-25(12-4-1)27-19-21-35-31(23-27)29-15-7-9-17-33(29)37-34-18-10-8-16-30(34)32-24-28(20-22-36(32)38(35)37)26-13-5-2-6-14-26/h1-24H. The van der Waals surface area contributed by atoms with Crippen LogP contribution in [0.2, 0.25) is 0 Å². The van der Waals surface area contributed by atoms with E-state index in [1.54, 1.807) is 0 Å². The van der Waals surface area contributed by atoms with Gasteiger partial charge in [0.1, 0.15) is 0 Å². The normalized spacial score (nSPS) is 12.6. The van der Waals surface area contributed by atoms with E-state index in [4.69, 9.17) is 0 Å². The van der Waals surface area contributed by atoms with Crippen molar-refractivity contribution in [3.8, 4) is 44.5 Å². The van der Waals surface area contributed by atoms with Crippen LogP contribution in [0.25, 0.3) is 44.5 Å². The van der Waals surface area contributed by atoms with Crippen LogP contribution in [0.3, 0.4) is 0 Å². The van der Waals surface area contributed by atoms with Crippen molar-refractivity contribution in [1.82, 2.24) is 0 Å². The Balaban J connectivity index is 1.40. The Morgan fingerprint density at radius 2 is 0.763 bits per heavy atom. The lowest BCUT2D eigenvalue weighted by Gasteiger charge is -2.43. The van der Waals surface area contributed by atoms with Gasteiger partial charge in [0.2, 0.25) is 0 Å². The number of anilines is 2. The van der Waals surface area contributed by atoms with Gasteiger partial charge in [-0.05, 0) is 68.6 Å². The van der Waals surface area contributed by atoms with Crippen molar-refractivity contribution in [2.45, 2.75) is 0 Å². The van der Waals surface area contributed by atoms with Crippen molar-refractivity contribution in [2.75, 3.05) is 4.81 Å². The second kappa shape index (κ2) is 8.36. The summed E-state index contributed by atoms with van der Waals surface area (Å²) in [7, 11) is 0. The summed E-state index contributed by atoms with van der Waals surface area (Å²) in [6.07, 6.45) is 0. The molecule has 0 amide bonds. The molecule has 1 nitrogen and oxygen atoms in total. The Morgan fingerprint density at radius 3 is 1.24 bits per heavy atom. The van der Waals surface area contributed by atoms with Gasteiger partial charge in [0.15, 0.2) is 0 Å². The quantitative estimate of drug-likeness (QED) is 0.227. The van der Waals surface area contributed by atoms with E-state index >= 15 is 0 Å². The van der Waals surface area contributed by atoms with Crippen molar-refractivity contribution in [2.24, 2.45) is 0 Å². The molecule has 2 aliphatic rings. The molecule has 0 bridgehead atoms. The van der Waals surface area contributed by atoms with E-state index in [2.05, 4.69) is 150 Å². The summed E-state index contributed by atoms with van der Waals surface area (Å²) in [6.45, 7) is 0.132. The van der Waals surface area contributed by atoms with Crippen molar-refractivity contribution >= 4 is 29.1 Å². The molecule has 2 aliphatic heterocycles. The number of benzene rings is 6. The molecule has 8 rings (SSSR count). The molecule has 6 aromatic rings. The predicted octanol–water partition coefficient (Wildman–Crippen LogP) is 7.93. The molecule has 0 spiro atoms. The predicted molar refractivity (Wildman–Crippen MR) is 162 cm³/mol. The van der Waals surface area contributed by atoms with Gasteiger partial charge >= 0.3 is 6.85 Å². The van der Waals surface area contributed by atoms with Gasteiger partial charge in [-0.3, -0.25) is 0 Å². The second-order valence-electron chi connectivity index (χ2n) is 10.1. The van der Waals surface area contributed by atoms with Crippen LogP contribution in [-0.4, -0.2) is 6.85 Å². The first kappa shape index (κ1) is 21.3. The molecule has 6 aromatic carbocycles. The number of nitrogens with zero attached hydrogens (tertiary/aromatic N) is 1. The molecule has 0 fully saturated rings. The van der Waals surface area contributed by atoms with Crippen molar-refractivity contribution < 1.29 is 0 Å². The summed E-state index contributed by atoms with van der Waals surface area (Å²) in [4.78, 5) is 2.57. The molecule has 0 saturated carbocycles. The van der Waals surface area contributed by atoms with E-state index in [1.807, 2.05) is 0 Å². The summed E-state index contributed by atoms with van der Waals surface area (Å²) in [5.41, 5.74) is 15.4. The van der Waals surface area contributed by atoms with Gasteiger partial charge < -0.3 is 4.81 Å². The summed E-state index contributed by atoms with van der Waals surface area (Å²) < 4.78 is 0. The van der Waals surface area contributed by atoms with Crippen LogP contribution in [0.5, 0.6) is 0 Å². The van der Waals surface area contributed by atoms with Crippen LogP contribution in [0.1, 0.15) is 0 Å². The maximum atomic E-state index is 2.57. The Labute approximate surface area is 223 Å². The van der Waals surface area contributed by atoms with Crippen molar-refractivity contribution in [3.63, 3.8) is 0 Å². The van der Waals surface area contributed by atoms with Gasteiger partial charge in [-0.2, -0.15) is 0 Å². The topological polar surface area (TPSA) is 3.24 Å². The smallest absolute Gasteiger partial charge is 0.329 e. The SMILES string of the molecule is c1ccc(-c2ccc3c(c2)-c2ccccc2B2c4ccccc4-c4cc(-c5ccccc5)ccc4N23)cc1. The van der Waals surface area contributed by atoms with Crippen LogP contribution in [0.4, 0.5) is 11.4 Å². The second-order valence-corrected chi connectivity index (χ2v) is 10.1. The van der Waals surface area contributed by atoms with E-state index in [-0.39, 0.29) is 6.85 Å². The maximum absolute atomic E-state index is 2.57. The highest BCUT2D eigenvalue weighted by Gasteiger charge is 2.42. The first-order valence-electron chi connectivity index (χ1n) is 13.2. The molecule has 0 radical (unpaired) electrons. The van der Waals surface area contributed by atoms with Crippen LogP contribution in [-0.2, 0) is 0 Å². The van der Waals surface area contributed by atoms with E-state index in [0.717, 1.165) is 0 Å². The van der Waals surface area contributed by atoms with Gasteiger partial charge in [0, 0.05) is 22.5 Å². The summed E-state index contributed by atoms with van der Waals surface area (Å²) in [6, 6.07) is 53.2. The molecule has 0 unspecified atom stereocenters. The average Bonchev–Trinajstić information content (AvgIpc) is 3.01. The third-order valence-electron chi connectivity index (χ3n) is 8.08. The molecular weight excluding hydrogens is 457 g/mol. The molecule has 0 aliphatic carbocycles. The molecule has 0 aromatic heterocycles. The average molecular weight is 481 g/mol. The maximum Gasteiger partial charge on any atom is 0.329 e. The fourth-order valence-corrected chi connectivity index (χ4v) is 6.36. The Morgan fingerprint density at radius 1 is 0.342 bits per heavy atom. The minimum Gasteiger partial charge on any atom is -0.376 e. The molecule has 2 heteroatoms. The summed E-state index contributed by atoms with van der Waals surface area (Å²) in [5.74, 6) is 0. The third-order valence-corrected chi connectivity index (χ3v) is 8.08. The fraction of sp³-hybridized carbons (Fsp3) is 0. The number of rotatable bonds is 2.